The Balaban J connectivity index is 1.72. The minimum atomic E-state index is -0.790. The predicted octanol–water partition coefficient (Wildman–Crippen LogP) is 2.41. The molecule has 0 aliphatic heterocycles. The van der Waals surface area contributed by atoms with Gasteiger partial charge in [-0.1, -0.05) is 25.7 Å². The number of halogens is 1. The zero-order valence-corrected chi connectivity index (χ0v) is 12.1. The number of aliphatic hydroxyl groups is 1. The lowest BCUT2D eigenvalue weighted by atomic mass is 9.94. The van der Waals surface area contributed by atoms with E-state index in [1.807, 2.05) is 0 Å². The summed E-state index contributed by atoms with van der Waals surface area (Å²) in [5.41, 5.74) is -0.790. The van der Waals surface area contributed by atoms with Crippen molar-refractivity contribution in [2.75, 3.05) is 13.2 Å². The molecule has 0 radical (unpaired) electrons. The first-order valence-corrected chi connectivity index (χ1v) is 7.45. The van der Waals surface area contributed by atoms with Crippen molar-refractivity contribution in [2.24, 2.45) is 0 Å². The fraction of sp³-hybridized carbons (Fsp3) is 0.562. The van der Waals surface area contributed by atoms with Gasteiger partial charge >= 0.3 is 0 Å². The van der Waals surface area contributed by atoms with Crippen LogP contribution in [0.2, 0.25) is 0 Å². The highest BCUT2D eigenvalue weighted by Crippen LogP contribution is 2.26. The van der Waals surface area contributed by atoms with E-state index >= 15 is 0 Å². The normalized spacial score (nSPS) is 17.8. The molecule has 1 aliphatic carbocycles. The Morgan fingerprint density at radius 3 is 2.43 bits per heavy atom. The molecule has 0 saturated heterocycles. The second-order valence-electron chi connectivity index (χ2n) is 5.66. The molecule has 0 heterocycles. The fourth-order valence-electron chi connectivity index (χ4n) is 2.56. The van der Waals surface area contributed by atoms with Crippen LogP contribution in [-0.4, -0.2) is 29.8 Å². The SMILES string of the molecule is O=C(COc1ccc(F)cc1)NCC1(O)CCCCCC1. The van der Waals surface area contributed by atoms with E-state index in [0.717, 1.165) is 38.5 Å². The molecule has 0 aromatic heterocycles. The van der Waals surface area contributed by atoms with E-state index in [9.17, 15) is 14.3 Å². The van der Waals surface area contributed by atoms with E-state index < -0.39 is 5.60 Å². The zero-order chi connectivity index (χ0) is 15.1. The molecular weight excluding hydrogens is 273 g/mol. The van der Waals surface area contributed by atoms with Gasteiger partial charge in [-0.2, -0.15) is 0 Å². The van der Waals surface area contributed by atoms with Crippen molar-refractivity contribution in [1.29, 1.82) is 0 Å². The van der Waals surface area contributed by atoms with Gasteiger partial charge in [0.15, 0.2) is 6.61 Å². The lowest BCUT2D eigenvalue weighted by Crippen LogP contribution is -2.44. The molecule has 21 heavy (non-hydrogen) atoms. The monoisotopic (exact) mass is 295 g/mol. The van der Waals surface area contributed by atoms with Crippen molar-refractivity contribution < 1.29 is 19.0 Å². The minimum absolute atomic E-state index is 0.137. The maximum atomic E-state index is 12.7. The molecule has 4 nitrogen and oxygen atoms in total. The van der Waals surface area contributed by atoms with Gasteiger partial charge < -0.3 is 15.2 Å². The van der Waals surface area contributed by atoms with E-state index in [0.29, 0.717) is 5.75 Å². The quantitative estimate of drug-likeness (QED) is 0.820. The lowest BCUT2D eigenvalue weighted by Gasteiger charge is -2.26. The van der Waals surface area contributed by atoms with Gasteiger partial charge in [0.25, 0.3) is 5.91 Å². The molecule has 1 fully saturated rings. The molecule has 5 heteroatoms. The Hall–Kier alpha value is -1.62. The van der Waals surface area contributed by atoms with Crippen LogP contribution in [0.5, 0.6) is 5.75 Å². The van der Waals surface area contributed by atoms with Crippen LogP contribution in [0, 0.1) is 5.82 Å². The highest BCUT2D eigenvalue weighted by atomic mass is 19.1. The van der Waals surface area contributed by atoms with Crippen LogP contribution in [0.25, 0.3) is 0 Å². The lowest BCUT2D eigenvalue weighted by molar-refractivity contribution is -0.124. The number of rotatable bonds is 5. The van der Waals surface area contributed by atoms with Crippen molar-refractivity contribution in [3.05, 3.63) is 30.1 Å². The van der Waals surface area contributed by atoms with Gasteiger partial charge in [-0.15, -0.1) is 0 Å². The van der Waals surface area contributed by atoms with Crippen LogP contribution in [-0.2, 0) is 4.79 Å². The molecule has 0 spiro atoms. The number of carbonyl (C=O) groups excluding carboxylic acids is 1. The molecule has 1 aromatic carbocycles. The molecule has 0 unspecified atom stereocenters. The molecule has 2 rings (SSSR count). The van der Waals surface area contributed by atoms with Crippen LogP contribution < -0.4 is 10.1 Å². The summed E-state index contributed by atoms with van der Waals surface area (Å²) < 4.78 is 18.0. The van der Waals surface area contributed by atoms with Crippen molar-refractivity contribution >= 4 is 5.91 Å². The largest absolute Gasteiger partial charge is 0.484 e. The Labute approximate surface area is 124 Å². The van der Waals surface area contributed by atoms with Gasteiger partial charge in [0.05, 0.1) is 5.60 Å². The van der Waals surface area contributed by atoms with E-state index in [1.54, 1.807) is 0 Å². The highest BCUT2D eigenvalue weighted by Gasteiger charge is 2.28. The second kappa shape index (κ2) is 7.41. The molecular formula is C16H22FNO3. The summed E-state index contributed by atoms with van der Waals surface area (Å²) in [7, 11) is 0. The Kier molecular flexibility index (Phi) is 5.56. The summed E-state index contributed by atoms with van der Waals surface area (Å²) in [5.74, 6) is -0.181. The van der Waals surface area contributed by atoms with E-state index in [4.69, 9.17) is 4.74 Å². The number of carbonyl (C=O) groups is 1. The molecule has 1 saturated carbocycles. The summed E-state index contributed by atoms with van der Waals surface area (Å²) in [5, 5.41) is 13.1. The maximum absolute atomic E-state index is 12.7. The Morgan fingerprint density at radius 1 is 1.19 bits per heavy atom. The summed E-state index contributed by atoms with van der Waals surface area (Å²) in [6.45, 7) is 0.125. The second-order valence-corrected chi connectivity index (χ2v) is 5.66. The number of benzene rings is 1. The van der Waals surface area contributed by atoms with Gasteiger partial charge in [-0.3, -0.25) is 4.79 Å². The fourth-order valence-corrected chi connectivity index (χ4v) is 2.56. The number of amides is 1. The number of nitrogens with one attached hydrogen (secondary N) is 1. The molecule has 1 amide bonds. The first-order valence-electron chi connectivity index (χ1n) is 7.45. The van der Waals surface area contributed by atoms with Crippen molar-refractivity contribution in [3.63, 3.8) is 0 Å². The summed E-state index contributed by atoms with van der Waals surface area (Å²) in [6.07, 6.45) is 5.74. The summed E-state index contributed by atoms with van der Waals surface area (Å²) in [6, 6.07) is 5.51. The van der Waals surface area contributed by atoms with Crippen molar-refractivity contribution in [3.8, 4) is 5.75 Å². The Morgan fingerprint density at radius 2 is 1.81 bits per heavy atom. The summed E-state index contributed by atoms with van der Waals surface area (Å²) >= 11 is 0. The number of ether oxygens (including phenoxy) is 1. The van der Waals surface area contributed by atoms with Crippen LogP contribution in [0.15, 0.2) is 24.3 Å². The average Bonchev–Trinajstić information content (AvgIpc) is 2.70. The third-order valence-electron chi connectivity index (χ3n) is 3.83. The highest BCUT2D eigenvalue weighted by molar-refractivity contribution is 5.77. The molecule has 0 bridgehead atoms. The molecule has 2 N–H and O–H groups in total. The van der Waals surface area contributed by atoms with Gasteiger partial charge in [0, 0.05) is 6.54 Å². The molecule has 1 aromatic rings. The first kappa shape index (κ1) is 15.8. The van der Waals surface area contributed by atoms with Gasteiger partial charge in [0.2, 0.25) is 0 Å². The van der Waals surface area contributed by atoms with Gasteiger partial charge in [0.1, 0.15) is 11.6 Å². The van der Waals surface area contributed by atoms with Crippen LogP contribution >= 0.6 is 0 Å². The van der Waals surface area contributed by atoms with Gasteiger partial charge in [-0.25, -0.2) is 4.39 Å². The minimum Gasteiger partial charge on any atom is -0.484 e. The summed E-state index contributed by atoms with van der Waals surface area (Å²) in [4.78, 5) is 11.7. The zero-order valence-electron chi connectivity index (χ0n) is 12.1. The topological polar surface area (TPSA) is 58.6 Å². The van der Waals surface area contributed by atoms with Crippen molar-refractivity contribution in [1.82, 2.24) is 5.32 Å². The standard InChI is InChI=1S/C16H22FNO3/c17-13-5-7-14(8-6-13)21-11-15(19)18-12-16(20)9-3-1-2-4-10-16/h5-8,20H,1-4,9-12H2,(H,18,19). The Bertz CT molecular complexity index is 453. The molecule has 1 aliphatic rings. The van der Waals surface area contributed by atoms with E-state index in [2.05, 4.69) is 5.32 Å². The van der Waals surface area contributed by atoms with Crippen molar-refractivity contribution in [2.45, 2.75) is 44.1 Å². The van der Waals surface area contributed by atoms with Crippen LogP contribution in [0.4, 0.5) is 4.39 Å². The third kappa shape index (κ3) is 5.34. The van der Waals surface area contributed by atoms with E-state index in [1.165, 1.54) is 24.3 Å². The number of hydrogen-bond donors (Lipinski definition) is 2. The van der Waals surface area contributed by atoms with Crippen LogP contribution in [0.3, 0.4) is 0 Å². The number of hydrogen-bond acceptors (Lipinski definition) is 3. The molecule has 116 valence electrons. The van der Waals surface area contributed by atoms with Gasteiger partial charge in [-0.05, 0) is 37.1 Å². The smallest absolute Gasteiger partial charge is 0.258 e. The molecule has 0 atom stereocenters. The predicted molar refractivity (Wildman–Crippen MR) is 77.6 cm³/mol. The van der Waals surface area contributed by atoms with Crippen LogP contribution in [0.1, 0.15) is 38.5 Å². The maximum Gasteiger partial charge on any atom is 0.258 e. The third-order valence-corrected chi connectivity index (χ3v) is 3.83. The average molecular weight is 295 g/mol. The first-order chi connectivity index (χ1) is 10.1. The van der Waals surface area contributed by atoms with E-state index in [-0.39, 0.29) is 24.9 Å².